The van der Waals surface area contributed by atoms with Gasteiger partial charge in [-0.15, -0.1) is 0 Å². The normalized spacial score (nSPS) is 15.1. The van der Waals surface area contributed by atoms with Crippen molar-refractivity contribution in [2.45, 2.75) is 26.3 Å². The van der Waals surface area contributed by atoms with Crippen LogP contribution >= 0.6 is 0 Å². The maximum Gasteiger partial charge on any atom is 0.290 e. The molecule has 0 saturated carbocycles. The number of carbonyl (C=O) groups excluding carboxylic acids is 3. The van der Waals surface area contributed by atoms with Gasteiger partial charge in [0.2, 0.25) is 0 Å². The van der Waals surface area contributed by atoms with Crippen molar-refractivity contribution < 1.29 is 27.8 Å². The highest BCUT2D eigenvalue weighted by molar-refractivity contribution is 6.15. The molecule has 1 aliphatic rings. The molecule has 4 heterocycles. The molecule has 13 nitrogen and oxygen atoms in total. The van der Waals surface area contributed by atoms with Gasteiger partial charge in [-0.2, -0.15) is 9.84 Å². The number of carbonyl (C=O) groups is 3. The lowest BCUT2D eigenvalue weighted by Crippen LogP contribution is -2.29. The number of aryl methyl sites for hydroxylation is 4. The van der Waals surface area contributed by atoms with E-state index < -0.39 is 30.8 Å². The zero-order valence-corrected chi connectivity index (χ0v) is 26.0. The summed E-state index contributed by atoms with van der Waals surface area (Å²) >= 11 is 0. The van der Waals surface area contributed by atoms with Crippen molar-refractivity contribution in [3.05, 3.63) is 111 Å². The summed E-state index contributed by atoms with van der Waals surface area (Å²) in [4.78, 5) is 59.5. The zero-order valence-electron chi connectivity index (χ0n) is 29.0. The Bertz CT molecular complexity index is 2190. The van der Waals surface area contributed by atoms with Gasteiger partial charge in [0.05, 0.1) is 15.7 Å². The second-order valence-corrected chi connectivity index (χ2v) is 11.1. The Balaban J connectivity index is 1.33. The van der Waals surface area contributed by atoms with Crippen molar-refractivity contribution in [1.82, 2.24) is 19.5 Å². The summed E-state index contributed by atoms with van der Waals surface area (Å²) in [6.07, 6.45) is 1.71. The molecule has 0 unspecified atom stereocenters. The predicted octanol–water partition coefficient (Wildman–Crippen LogP) is 4.63. The smallest absolute Gasteiger partial charge is 0.290 e. The first-order valence-corrected chi connectivity index (χ1v) is 14.7. The molecule has 240 valence electrons. The maximum absolute atomic E-state index is 14.1. The van der Waals surface area contributed by atoms with Gasteiger partial charge in [0, 0.05) is 73.8 Å². The van der Waals surface area contributed by atoms with Crippen LogP contribution in [0, 0.1) is 13.8 Å². The fraction of sp³-hybridized carbons (Fsp3) is 0.235. The van der Waals surface area contributed by atoms with E-state index in [-0.39, 0.29) is 35.4 Å². The molecule has 0 radical (unpaired) electrons. The highest BCUT2D eigenvalue weighted by Gasteiger charge is 2.41. The van der Waals surface area contributed by atoms with Crippen LogP contribution in [-0.4, -0.2) is 50.9 Å². The highest BCUT2D eigenvalue weighted by atomic mass is 16.5. The fourth-order valence-electron chi connectivity index (χ4n) is 5.83. The number of pyridine rings is 1. The van der Waals surface area contributed by atoms with E-state index in [2.05, 4.69) is 20.7 Å². The molecule has 0 saturated heterocycles. The molecule has 0 spiro atoms. The Kier molecular flexibility index (Phi) is 7.32. The third-order valence-electron chi connectivity index (χ3n) is 7.89. The number of anilines is 3. The van der Waals surface area contributed by atoms with Crippen molar-refractivity contribution >= 4 is 34.9 Å². The third-order valence-corrected chi connectivity index (χ3v) is 7.89. The third kappa shape index (κ3) is 5.95. The molecule has 3 aromatic heterocycles. The summed E-state index contributed by atoms with van der Waals surface area (Å²) in [6.45, 7) is 3.08. The summed E-state index contributed by atoms with van der Waals surface area (Å²) in [7, 11) is 0.565. The minimum absolute atomic E-state index is 0.0223. The molecule has 5 aromatic rings. The number of nitrogens with one attached hydrogen (secondary N) is 2. The summed E-state index contributed by atoms with van der Waals surface area (Å²) in [5.41, 5.74) is 2.59. The Morgan fingerprint density at radius 2 is 1.81 bits per heavy atom. The van der Waals surface area contributed by atoms with Crippen molar-refractivity contribution in [3.63, 3.8) is 0 Å². The predicted molar refractivity (Wildman–Crippen MR) is 175 cm³/mol. The number of hydrogen-bond acceptors (Lipinski definition) is 8. The summed E-state index contributed by atoms with van der Waals surface area (Å²) in [5.74, 6) is -0.685. The van der Waals surface area contributed by atoms with Gasteiger partial charge in [-0.25, -0.2) is 4.98 Å². The molecule has 1 atom stereocenters. The van der Waals surface area contributed by atoms with E-state index in [4.69, 9.17) is 13.4 Å². The van der Waals surface area contributed by atoms with E-state index in [1.165, 1.54) is 18.0 Å². The number of aromatic nitrogens is 4. The number of fused-ring (bicyclic) bond motifs is 1. The number of rotatable bonds is 9. The van der Waals surface area contributed by atoms with Gasteiger partial charge >= 0.3 is 0 Å². The Hall–Kier alpha value is -5.82. The van der Waals surface area contributed by atoms with Gasteiger partial charge in [0.15, 0.2) is 5.82 Å². The number of hydrogen-bond donors (Lipinski definition) is 2. The van der Waals surface area contributed by atoms with Crippen LogP contribution in [-0.2, 0) is 18.8 Å². The molecule has 6 rings (SSSR count). The topological polar surface area (TPSA) is 154 Å². The second-order valence-electron chi connectivity index (χ2n) is 11.1. The Morgan fingerprint density at radius 3 is 2.49 bits per heavy atom. The first kappa shape index (κ1) is 27.5. The average molecular weight is 639 g/mol. The lowest BCUT2D eigenvalue weighted by Gasteiger charge is -2.26. The van der Waals surface area contributed by atoms with Gasteiger partial charge in [0.1, 0.15) is 11.5 Å². The van der Waals surface area contributed by atoms with E-state index in [9.17, 15) is 19.2 Å². The molecule has 1 aliphatic heterocycles. The molecular formula is C34H33N7O6. The number of amides is 3. The fourth-order valence-corrected chi connectivity index (χ4v) is 5.83. The first-order chi connectivity index (χ1) is 23.7. The summed E-state index contributed by atoms with van der Waals surface area (Å²) < 4.78 is 35.7. The van der Waals surface area contributed by atoms with Crippen LogP contribution in [0.15, 0.2) is 76.2 Å². The Labute approximate surface area is 274 Å². The van der Waals surface area contributed by atoms with E-state index in [0.717, 1.165) is 4.74 Å². The van der Waals surface area contributed by atoms with Crippen LogP contribution < -0.4 is 21.1 Å². The minimum atomic E-state index is -2.67. The minimum Gasteiger partial charge on any atom is -0.385 e. The van der Waals surface area contributed by atoms with E-state index in [1.54, 1.807) is 86.4 Å². The van der Waals surface area contributed by atoms with E-state index >= 15 is 0 Å². The molecule has 2 aromatic carbocycles. The van der Waals surface area contributed by atoms with E-state index in [1.807, 2.05) is 0 Å². The number of methoxy groups -OCH3 is 1. The SMILES string of the molecule is [2H]C([2H])([2H])OCC[C@@H]1c2c(cc(C)nc2C(=O)Nc2cccc(C(=O)Nc3ccn(C)n3)c2)C(=O)N1c1ccc(-c2c(C)on(C)c2=O)cc1. The highest BCUT2D eigenvalue weighted by Crippen LogP contribution is 2.42. The second kappa shape index (κ2) is 12.5. The molecule has 3 amide bonds. The lowest BCUT2D eigenvalue weighted by molar-refractivity contribution is 0.0983. The van der Waals surface area contributed by atoms with Crippen LogP contribution in [0.2, 0.25) is 0 Å². The standard InChI is InChI=1S/C34H33N7O6/c1-19-17-25-29(30(35-19)32(43)36-23-8-6-7-22(18-23)31(42)37-27-13-15-39(3)38-27)26(14-16-46-5)41(33(25)44)24-11-9-21(10-12-24)28-20(2)47-40(4)34(28)45/h6-13,15,17-18,26H,14,16H2,1-5H3,(H,36,43)(H,37,38,42)/t26-/m1/s1/i5D3. The Morgan fingerprint density at radius 1 is 1.02 bits per heavy atom. The molecule has 47 heavy (non-hydrogen) atoms. The van der Waals surface area contributed by atoms with Gasteiger partial charge < -0.3 is 24.8 Å². The molecule has 0 fully saturated rings. The van der Waals surface area contributed by atoms with Crippen LogP contribution in [0.4, 0.5) is 17.2 Å². The molecule has 13 heteroatoms. The van der Waals surface area contributed by atoms with Crippen LogP contribution in [0.5, 0.6) is 0 Å². The molecule has 0 bridgehead atoms. The summed E-state index contributed by atoms with van der Waals surface area (Å²) in [6, 6.07) is 15.4. The van der Waals surface area contributed by atoms with E-state index in [0.29, 0.717) is 45.3 Å². The molecule has 2 N–H and O–H groups in total. The van der Waals surface area contributed by atoms with Gasteiger partial charge in [-0.05, 0) is 62.2 Å². The molecule has 0 aliphatic carbocycles. The zero-order chi connectivity index (χ0) is 35.9. The number of nitrogens with zero attached hydrogens (tertiary/aromatic N) is 5. The van der Waals surface area contributed by atoms with Gasteiger partial charge in [-0.1, -0.05) is 18.2 Å². The maximum atomic E-state index is 14.1. The largest absolute Gasteiger partial charge is 0.385 e. The quantitative estimate of drug-likeness (QED) is 0.237. The van der Waals surface area contributed by atoms with Crippen molar-refractivity contribution in [2.24, 2.45) is 14.1 Å². The monoisotopic (exact) mass is 638 g/mol. The average Bonchev–Trinajstić information content (AvgIpc) is 3.67. The van der Waals surface area contributed by atoms with Crippen molar-refractivity contribution in [2.75, 3.05) is 29.2 Å². The van der Waals surface area contributed by atoms with Gasteiger partial charge in [-0.3, -0.25) is 23.9 Å². The van der Waals surface area contributed by atoms with Crippen molar-refractivity contribution in [1.29, 1.82) is 0 Å². The summed E-state index contributed by atoms with van der Waals surface area (Å²) in [5, 5.41) is 9.64. The number of ether oxygens (including phenoxy) is 1. The van der Waals surface area contributed by atoms with Crippen molar-refractivity contribution in [3.8, 4) is 11.1 Å². The van der Waals surface area contributed by atoms with Crippen LogP contribution in [0.1, 0.15) is 64.8 Å². The first-order valence-electron chi connectivity index (χ1n) is 16.2. The lowest BCUT2D eigenvalue weighted by atomic mass is 9.98. The van der Waals surface area contributed by atoms with Crippen LogP contribution in [0.25, 0.3) is 11.1 Å². The number of benzene rings is 2. The van der Waals surface area contributed by atoms with Gasteiger partial charge in [0.25, 0.3) is 23.3 Å². The molecular weight excluding hydrogens is 602 g/mol. The van der Waals surface area contributed by atoms with Crippen LogP contribution in [0.3, 0.4) is 0 Å².